The third-order valence-electron chi connectivity index (χ3n) is 6.20. The van der Waals surface area contributed by atoms with Gasteiger partial charge in [-0.25, -0.2) is 0 Å². The van der Waals surface area contributed by atoms with Gasteiger partial charge in [0.1, 0.15) is 11.3 Å². The lowest BCUT2D eigenvalue weighted by atomic mass is 9.76. The molecule has 0 atom stereocenters. The SMILES string of the molecule is COC1(C)CC(N2CCc3cc(-c4c(C)cc5occc5c4O)nnc32)C1. The van der Waals surface area contributed by atoms with E-state index in [4.69, 9.17) is 9.15 Å². The van der Waals surface area contributed by atoms with E-state index in [1.165, 1.54) is 5.56 Å². The zero-order valence-corrected chi connectivity index (χ0v) is 15.8. The molecule has 0 radical (unpaired) electrons. The summed E-state index contributed by atoms with van der Waals surface area (Å²) in [6, 6.07) is 6.25. The molecule has 6 heteroatoms. The number of phenols is 1. The van der Waals surface area contributed by atoms with Crippen LogP contribution >= 0.6 is 0 Å². The van der Waals surface area contributed by atoms with E-state index in [2.05, 4.69) is 28.1 Å². The Morgan fingerprint density at radius 1 is 1.30 bits per heavy atom. The monoisotopic (exact) mass is 365 g/mol. The first kappa shape index (κ1) is 16.6. The normalized spacial score (nSPS) is 24.3. The molecular formula is C21H23N3O3. The number of methoxy groups -OCH3 is 1. The highest BCUT2D eigenvalue weighted by Gasteiger charge is 2.45. The van der Waals surface area contributed by atoms with E-state index in [0.29, 0.717) is 22.7 Å². The van der Waals surface area contributed by atoms with Gasteiger partial charge in [-0.1, -0.05) is 0 Å². The summed E-state index contributed by atoms with van der Waals surface area (Å²) < 4.78 is 11.0. The van der Waals surface area contributed by atoms with E-state index in [1.54, 1.807) is 19.4 Å². The van der Waals surface area contributed by atoms with Gasteiger partial charge in [0.2, 0.25) is 0 Å². The van der Waals surface area contributed by atoms with Gasteiger partial charge < -0.3 is 19.2 Å². The lowest BCUT2D eigenvalue weighted by molar-refractivity contribution is -0.0682. The minimum absolute atomic E-state index is 0.0102. The van der Waals surface area contributed by atoms with Gasteiger partial charge in [0.05, 0.1) is 22.9 Å². The molecule has 0 spiro atoms. The van der Waals surface area contributed by atoms with E-state index in [9.17, 15) is 5.11 Å². The predicted molar refractivity (Wildman–Crippen MR) is 103 cm³/mol. The van der Waals surface area contributed by atoms with Crippen LogP contribution in [0.5, 0.6) is 5.75 Å². The number of phenolic OH excluding ortho intramolecular Hbond substituents is 1. The first-order chi connectivity index (χ1) is 13.0. The Hall–Kier alpha value is -2.60. The molecule has 1 aromatic carbocycles. The van der Waals surface area contributed by atoms with Crippen LogP contribution in [0.1, 0.15) is 30.9 Å². The Balaban J connectivity index is 1.50. The van der Waals surface area contributed by atoms with Crippen LogP contribution in [0.25, 0.3) is 22.2 Å². The highest BCUT2D eigenvalue weighted by atomic mass is 16.5. The Morgan fingerprint density at radius 2 is 2.11 bits per heavy atom. The molecule has 1 fully saturated rings. The number of aromatic nitrogens is 2. The second kappa shape index (κ2) is 5.70. The van der Waals surface area contributed by atoms with Gasteiger partial charge in [-0.3, -0.25) is 0 Å². The van der Waals surface area contributed by atoms with Gasteiger partial charge in [-0.05, 0) is 56.9 Å². The maximum atomic E-state index is 10.7. The number of anilines is 1. The van der Waals surface area contributed by atoms with E-state index in [-0.39, 0.29) is 11.4 Å². The molecular weight excluding hydrogens is 342 g/mol. The van der Waals surface area contributed by atoms with Crippen LogP contribution in [0.3, 0.4) is 0 Å². The first-order valence-corrected chi connectivity index (χ1v) is 9.37. The molecule has 3 heterocycles. The summed E-state index contributed by atoms with van der Waals surface area (Å²) in [6.45, 7) is 5.08. The van der Waals surface area contributed by atoms with Gasteiger partial charge in [0.25, 0.3) is 0 Å². The fraction of sp³-hybridized carbons (Fsp3) is 0.429. The molecule has 0 amide bonds. The number of hydrogen-bond donors (Lipinski definition) is 1. The molecule has 1 aliphatic carbocycles. The number of ether oxygens (including phenoxy) is 1. The number of aryl methyl sites for hydroxylation is 1. The van der Waals surface area contributed by atoms with E-state index in [0.717, 1.165) is 42.8 Å². The number of rotatable bonds is 3. The van der Waals surface area contributed by atoms with E-state index >= 15 is 0 Å². The summed E-state index contributed by atoms with van der Waals surface area (Å²) in [5.41, 5.74) is 4.23. The lowest BCUT2D eigenvalue weighted by Crippen LogP contribution is -2.54. The summed E-state index contributed by atoms with van der Waals surface area (Å²) in [5, 5.41) is 20.5. The Morgan fingerprint density at radius 3 is 2.89 bits per heavy atom. The van der Waals surface area contributed by atoms with Crippen LogP contribution < -0.4 is 4.90 Å². The predicted octanol–water partition coefficient (Wildman–Crippen LogP) is 3.83. The minimum atomic E-state index is -0.0102. The number of hydrogen-bond acceptors (Lipinski definition) is 6. The number of benzene rings is 1. The second-order valence-electron chi connectivity index (χ2n) is 7.99. The van der Waals surface area contributed by atoms with Gasteiger partial charge in [0, 0.05) is 30.8 Å². The standard InChI is InChI=1S/C21H23N3O3/c1-12-8-17-15(5-7-27-17)19(25)18(12)16-9-13-4-6-24(20(13)23-22-16)14-10-21(2,11-14)26-3/h5,7-9,14,25H,4,6,10-11H2,1-3H3. The molecule has 5 rings (SSSR count). The molecule has 0 saturated heterocycles. The number of fused-ring (bicyclic) bond motifs is 2. The third kappa shape index (κ3) is 2.43. The van der Waals surface area contributed by atoms with E-state index < -0.39 is 0 Å². The zero-order chi connectivity index (χ0) is 18.8. The fourth-order valence-corrected chi connectivity index (χ4v) is 4.54. The zero-order valence-electron chi connectivity index (χ0n) is 15.8. The largest absolute Gasteiger partial charge is 0.506 e. The van der Waals surface area contributed by atoms with Crippen molar-refractivity contribution in [2.75, 3.05) is 18.6 Å². The van der Waals surface area contributed by atoms with Crippen molar-refractivity contribution >= 4 is 16.8 Å². The van der Waals surface area contributed by atoms with Gasteiger partial charge in [-0.2, -0.15) is 0 Å². The topological polar surface area (TPSA) is 71.6 Å². The molecule has 2 aromatic heterocycles. The Bertz CT molecular complexity index is 1040. The smallest absolute Gasteiger partial charge is 0.154 e. The minimum Gasteiger partial charge on any atom is -0.506 e. The van der Waals surface area contributed by atoms with Crippen LogP contribution in [-0.4, -0.2) is 40.6 Å². The van der Waals surface area contributed by atoms with Crippen LogP contribution in [0, 0.1) is 6.92 Å². The van der Waals surface area contributed by atoms with Gasteiger partial charge in [-0.15, -0.1) is 10.2 Å². The van der Waals surface area contributed by atoms with Gasteiger partial charge in [0.15, 0.2) is 5.82 Å². The average Bonchev–Trinajstić information content (AvgIpc) is 3.25. The molecule has 1 aliphatic heterocycles. The summed E-state index contributed by atoms with van der Waals surface area (Å²) >= 11 is 0. The van der Waals surface area contributed by atoms with Crippen LogP contribution in [0.15, 0.2) is 28.9 Å². The summed E-state index contributed by atoms with van der Waals surface area (Å²) in [4.78, 5) is 2.36. The average molecular weight is 365 g/mol. The van der Waals surface area contributed by atoms with E-state index in [1.807, 2.05) is 13.0 Å². The Kier molecular flexibility index (Phi) is 3.49. The molecule has 140 valence electrons. The molecule has 2 aliphatic rings. The maximum Gasteiger partial charge on any atom is 0.154 e. The maximum absolute atomic E-state index is 10.7. The van der Waals surface area contributed by atoms with Crippen LogP contribution in [0.2, 0.25) is 0 Å². The van der Waals surface area contributed by atoms with Crippen LogP contribution in [-0.2, 0) is 11.2 Å². The molecule has 3 aromatic rings. The lowest BCUT2D eigenvalue weighted by Gasteiger charge is -2.48. The number of aromatic hydroxyl groups is 1. The Labute approximate surface area is 157 Å². The van der Waals surface area contributed by atoms with Crippen molar-refractivity contribution < 1.29 is 14.3 Å². The molecule has 0 bridgehead atoms. The highest BCUT2D eigenvalue weighted by molar-refractivity contribution is 5.93. The first-order valence-electron chi connectivity index (χ1n) is 9.37. The van der Waals surface area contributed by atoms with Gasteiger partial charge >= 0.3 is 0 Å². The van der Waals surface area contributed by atoms with Crippen molar-refractivity contribution in [1.29, 1.82) is 0 Å². The summed E-state index contributed by atoms with van der Waals surface area (Å²) in [7, 11) is 1.78. The van der Waals surface area contributed by atoms with Crippen molar-refractivity contribution in [3.05, 3.63) is 35.6 Å². The third-order valence-corrected chi connectivity index (χ3v) is 6.20. The van der Waals surface area contributed by atoms with Crippen molar-refractivity contribution in [1.82, 2.24) is 10.2 Å². The number of furan rings is 1. The molecule has 0 unspecified atom stereocenters. The van der Waals surface area contributed by atoms with Crippen molar-refractivity contribution in [2.45, 2.75) is 44.8 Å². The quantitative estimate of drug-likeness (QED) is 0.760. The van der Waals surface area contributed by atoms with Crippen molar-refractivity contribution in [3.8, 4) is 17.0 Å². The molecule has 1 N–H and O–H groups in total. The molecule has 1 saturated carbocycles. The fourth-order valence-electron chi connectivity index (χ4n) is 4.54. The number of nitrogens with zero attached hydrogens (tertiary/aromatic N) is 3. The second-order valence-corrected chi connectivity index (χ2v) is 7.99. The molecule has 27 heavy (non-hydrogen) atoms. The van der Waals surface area contributed by atoms with Crippen molar-refractivity contribution in [2.24, 2.45) is 0 Å². The molecule has 6 nitrogen and oxygen atoms in total. The van der Waals surface area contributed by atoms with Crippen molar-refractivity contribution in [3.63, 3.8) is 0 Å². The summed E-state index contributed by atoms with van der Waals surface area (Å²) in [5.74, 6) is 1.18. The summed E-state index contributed by atoms with van der Waals surface area (Å²) in [6.07, 6.45) is 4.57. The highest BCUT2D eigenvalue weighted by Crippen LogP contribution is 2.43. The van der Waals surface area contributed by atoms with Crippen LogP contribution in [0.4, 0.5) is 5.82 Å².